The summed E-state index contributed by atoms with van der Waals surface area (Å²) >= 11 is 0. The van der Waals surface area contributed by atoms with Crippen LogP contribution in [0.3, 0.4) is 0 Å². The van der Waals surface area contributed by atoms with Gasteiger partial charge in [-0.05, 0) is 59.7 Å². The summed E-state index contributed by atoms with van der Waals surface area (Å²) in [5, 5.41) is 9.25. The van der Waals surface area contributed by atoms with Gasteiger partial charge in [0.05, 0.1) is 7.11 Å². The Labute approximate surface area is 217 Å². The number of halogens is 6. The Morgan fingerprint density at radius 2 is 1.05 bits per heavy atom. The maximum Gasteiger partial charge on any atom is 0.420 e. The molecule has 0 heterocycles. The molecule has 3 aromatic carbocycles. The molecule has 0 aromatic heterocycles. The molecular weight excluding hydrogens is 534 g/mol. The predicted molar refractivity (Wildman–Crippen MR) is 127 cm³/mol. The van der Waals surface area contributed by atoms with Gasteiger partial charge >= 0.3 is 24.3 Å². The molecule has 0 radical (unpaired) electrons. The lowest BCUT2D eigenvalue weighted by Gasteiger charge is -2.21. The summed E-state index contributed by atoms with van der Waals surface area (Å²) in [6.07, 6.45) is -7.58. The fourth-order valence-electron chi connectivity index (χ4n) is 3.21. The lowest BCUT2D eigenvalue weighted by molar-refractivity contribution is -0.164. The molecule has 0 bridgehead atoms. The Kier molecular flexibility index (Phi) is 8.69. The number of rotatable bonds is 7. The molecule has 0 saturated heterocycles. The second kappa shape index (κ2) is 11.8. The number of alkyl halides is 6. The monoisotopic (exact) mass is 552 g/mol. The van der Waals surface area contributed by atoms with Crippen molar-refractivity contribution in [2.24, 2.45) is 0 Å². The first-order chi connectivity index (χ1) is 18.3. The van der Waals surface area contributed by atoms with Crippen LogP contribution in [0.1, 0.15) is 22.3 Å². The lowest BCUT2D eigenvalue weighted by Crippen LogP contribution is -2.21. The zero-order valence-electron chi connectivity index (χ0n) is 19.8. The van der Waals surface area contributed by atoms with E-state index in [2.05, 4.69) is 9.47 Å². The number of methoxy groups -OCH3 is 1. The minimum atomic E-state index is -5.65. The first-order valence-electron chi connectivity index (χ1n) is 10.8. The highest BCUT2D eigenvalue weighted by Gasteiger charge is 2.48. The quantitative estimate of drug-likeness (QED) is 0.153. The molecule has 204 valence electrons. The van der Waals surface area contributed by atoms with Crippen LogP contribution in [0, 0.1) is 0 Å². The van der Waals surface area contributed by atoms with Gasteiger partial charge in [-0.2, -0.15) is 26.3 Å². The number of phenols is 1. The van der Waals surface area contributed by atoms with Crippen molar-refractivity contribution in [3.05, 3.63) is 95.1 Å². The Hall–Kier alpha value is -4.74. The average Bonchev–Trinajstić information content (AvgIpc) is 2.86. The number of ether oxygens (including phenoxy) is 3. The van der Waals surface area contributed by atoms with Crippen LogP contribution in [0.5, 0.6) is 23.0 Å². The molecular formula is C27H18F6O6. The molecule has 0 fully saturated rings. The van der Waals surface area contributed by atoms with Crippen LogP contribution in [-0.4, -0.2) is 24.2 Å². The van der Waals surface area contributed by atoms with Crippen LogP contribution in [-0.2, 0) is 21.9 Å². The van der Waals surface area contributed by atoms with Gasteiger partial charge in [-0.1, -0.05) is 24.3 Å². The molecule has 3 rings (SSSR count). The number of phenolic OH excluding ortho intramolecular Hbond substituents is 1. The zero-order valence-corrected chi connectivity index (χ0v) is 19.8. The number of aromatic hydroxyl groups is 1. The fraction of sp³-hybridized carbons (Fsp3) is 0.111. The molecule has 0 aliphatic heterocycles. The fourth-order valence-corrected chi connectivity index (χ4v) is 3.21. The van der Waals surface area contributed by atoms with E-state index in [0.717, 1.165) is 12.2 Å². The van der Waals surface area contributed by atoms with Crippen LogP contribution >= 0.6 is 0 Å². The van der Waals surface area contributed by atoms with Crippen LogP contribution < -0.4 is 14.2 Å². The number of esters is 2. The molecule has 0 atom stereocenters. The Balaban J connectivity index is 1.91. The van der Waals surface area contributed by atoms with Crippen LogP contribution in [0.25, 0.3) is 12.2 Å². The van der Waals surface area contributed by atoms with Gasteiger partial charge in [0.2, 0.25) is 0 Å². The Morgan fingerprint density at radius 3 is 1.41 bits per heavy atom. The van der Waals surface area contributed by atoms with E-state index in [0.29, 0.717) is 35.1 Å². The van der Waals surface area contributed by atoms with Crippen molar-refractivity contribution in [3.8, 4) is 23.0 Å². The molecule has 3 aromatic rings. The van der Waals surface area contributed by atoms with Crippen LogP contribution in [0.15, 0.2) is 72.8 Å². The minimum absolute atomic E-state index is 0.0822. The molecule has 0 aliphatic rings. The third-order valence-corrected chi connectivity index (χ3v) is 4.95. The molecule has 0 amide bonds. The van der Waals surface area contributed by atoms with Gasteiger partial charge in [-0.15, -0.1) is 0 Å². The summed E-state index contributed by atoms with van der Waals surface area (Å²) in [5.74, 6) is -5.25. The van der Waals surface area contributed by atoms with Crippen LogP contribution in [0.4, 0.5) is 26.3 Å². The lowest BCUT2D eigenvalue weighted by atomic mass is 10.0. The topological polar surface area (TPSA) is 82.1 Å². The summed E-state index contributed by atoms with van der Waals surface area (Å²) in [4.78, 5) is 24.3. The van der Waals surface area contributed by atoms with Crippen molar-refractivity contribution in [3.63, 3.8) is 0 Å². The van der Waals surface area contributed by atoms with Crippen LogP contribution in [0.2, 0.25) is 0 Å². The predicted octanol–water partition coefficient (Wildman–Crippen LogP) is 6.68. The van der Waals surface area contributed by atoms with Crippen molar-refractivity contribution in [1.29, 1.82) is 0 Å². The maximum atomic E-state index is 13.8. The largest absolute Gasteiger partial charge is 0.508 e. The molecule has 0 saturated carbocycles. The van der Waals surface area contributed by atoms with Gasteiger partial charge in [0.1, 0.15) is 34.1 Å². The highest BCUT2D eigenvalue weighted by molar-refractivity contribution is 5.90. The van der Waals surface area contributed by atoms with E-state index in [-0.39, 0.29) is 5.75 Å². The van der Waals surface area contributed by atoms with Gasteiger partial charge in [0.25, 0.3) is 0 Å². The van der Waals surface area contributed by atoms with E-state index >= 15 is 0 Å². The van der Waals surface area contributed by atoms with E-state index in [1.165, 1.54) is 49.6 Å². The number of hydrogen-bond acceptors (Lipinski definition) is 6. The normalized spacial score (nSPS) is 12.1. The van der Waals surface area contributed by atoms with Gasteiger partial charge < -0.3 is 19.3 Å². The number of carbonyl (C=O) groups is 2. The second-order valence-electron chi connectivity index (χ2n) is 7.68. The van der Waals surface area contributed by atoms with Gasteiger partial charge in [0.15, 0.2) is 0 Å². The molecule has 12 heteroatoms. The van der Waals surface area contributed by atoms with Crippen molar-refractivity contribution in [2.45, 2.75) is 12.4 Å². The molecule has 1 N–H and O–H groups in total. The first kappa shape index (κ1) is 28.8. The zero-order chi connectivity index (χ0) is 28.8. The Morgan fingerprint density at radius 1 is 0.667 bits per heavy atom. The van der Waals surface area contributed by atoms with Gasteiger partial charge in [0, 0.05) is 12.2 Å². The summed E-state index contributed by atoms with van der Waals surface area (Å²) in [6, 6.07) is 12.3. The standard InChI is InChI=1S/C27H18F6O6/c1-37-19-10-4-17(5-11-19)7-15-23(36)39-21-13-12-20(24(26(28,29)30)25(21)27(31,32)33)38-22(35)14-6-16-2-8-18(34)9-3-16/h2-15,34H,1H3/b14-6+,15-7+. The van der Waals surface area contributed by atoms with Crippen molar-refractivity contribution >= 4 is 24.1 Å². The molecule has 0 aliphatic carbocycles. The minimum Gasteiger partial charge on any atom is -0.508 e. The summed E-state index contributed by atoms with van der Waals surface area (Å²) < 4.78 is 97.1. The van der Waals surface area contributed by atoms with Crippen molar-refractivity contribution < 1.29 is 55.2 Å². The van der Waals surface area contributed by atoms with E-state index in [1.807, 2.05) is 0 Å². The summed E-state index contributed by atoms with van der Waals surface area (Å²) in [6.45, 7) is 0. The smallest absolute Gasteiger partial charge is 0.420 e. The maximum absolute atomic E-state index is 13.8. The first-order valence-corrected chi connectivity index (χ1v) is 10.8. The highest BCUT2D eigenvalue weighted by Crippen LogP contribution is 2.49. The number of carbonyl (C=O) groups excluding carboxylic acids is 2. The molecule has 6 nitrogen and oxygen atoms in total. The second-order valence-corrected chi connectivity index (χ2v) is 7.68. The van der Waals surface area contributed by atoms with E-state index in [9.17, 15) is 41.0 Å². The van der Waals surface area contributed by atoms with Gasteiger partial charge in [-0.3, -0.25) is 0 Å². The van der Waals surface area contributed by atoms with E-state index in [4.69, 9.17) is 4.74 Å². The molecule has 39 heavy (non-hydrogen) atoms. The average molecular weight is 552 g/mol. The van der Waals surface area contributed by atoms with Crippen molar-refractivity contribution in [2.75, 3.05) is 7.11 Å². The number of hydrogen-bond donors (Lipinski definition) is 1. The summed E-state index contributed by atoms with van der Waals surface area (Å²) in [5.41, 5.74) is -3.90. The number of benzene rings is 3. The summed E-state index contributed by atoms with van der Waals surface area (Å²) in [7, 11) is 1.43. The molecule has 0 spiro atoms. The van der Waals surface area contributed by atoms with Crippen molar-refractivity contribution in [1.82, 2.24) is 0 Å². The van der Waals surface area contributed by atoms with E-state index < -0.39 is 46.9 Å². The SMILES string of the molecule is COc1ccc(/C=C/C(=O)Oc2ccc(OC(=O)/C=C/c3ccc(O)cc3)c(C(F)(F)F)c2C(F)(F)F)cc1. The third-order valence-electron chi connectivity index (χ3n) is 4.95. The van der Waals surface area contributed by atoms with Gasteiger partial charge in [-0.25, -0.2) is 9.59 Å². The molecule has 0 unspecified atom stereocenters. The third kappa shape index (κ3) is 7.87. The van der Waals surface area contributed by atoms with E-state index in [1.54, 1.807) is 12.1 Å². The highest BCUT2D eigenvalue weighted by atomic mass is 19.4. The Bertz CT molecular complexity index is 1390.